The van der Waals surface area contributed by atoms with E-state index in [1.807, 2.05) is 24.3 Å². The van der Waals surface area contributed by atoms with Crippen molar-refractivity contribution in [3.63, 3.8) is 0 Å². The number of anilines is 1. The average Bonchev–Trinajstić information content (AvgIpc) is 2.41. The molecule has 0 atom stereocenters. The second-order valence-corrected chi connectivity index (χ2v) is 4.10. The smallest absolute Gasteiger partial charge is 0.254 e. The summed E-state index contributed by atoms with van der Waals surface area (Å²) < 4.78 is 0. The lowest BCUT2D eigenvalue weighted by Crippen LogP contribution is -2.26. The van der Waals surface area contributed by atoms with E-state index < -0.39 is 0 Å². The zero-order valence-corrected chi connectivity index (χ0v) is 10.2. The Morgan fingerprint density at radius 1 is 1.22 bits per heavy atom. The summed E-state index contributed by atoms with van der Waals surface area (Å²) >= 11 is 0. The van der Waals surface area contributed by atoms with Gasteiger partial charge in [0.1, 0.15) is 0 Å². The van der Waals surface area contributed by atoms with Crippen molar-refractivity contribution in [1.29, 1.82) is 0 Å². The summed E-state index contributed by atoms with van der Waals surface area (Å²) in [4.78, 5) is 17.7. The van der Waals surface area contributed by atoms with Crippen LogP contribution >= 0.6 is 0 Å². The molecule has 0 fully saturated rings. The molecule has 4 nitrogen and oxygen atoms in total. The number of hydrogen-bond donors (Lipinski definition) is 1. The number of para-hydroxylation sites is 1. The number of rotatable bonds is 3. The minimum absolute atomic E-state index is 0.0411. The maximum atomic E-state index is 12.1. The number of carbonyl (C=O) groups excluding carboxylic acids is 1. The third kappa shape index (κ3) is 2.66. The lowest BCUT2D eigenvalue weighted by molar-refractivity contribution is 0.0785. The average molecular weight is 241 g/mol. The number of nitrogens with zero attached hydrogens (tertiary/aromatic N) is 2. The van der Waals surface area contributed by atoms with Gasteiger partial charge in [-0.15, -0.1) is 0 Å². The molecule has 0 aliphatic carbocycles. The molecule has 0 spiro atoms. The van der Waals surface area contributed by atoms with Gasteiger partial charge in [-0.3, -0.25) is 9.78 Å². The third-order valence-electron chi connectivity index (χ3n) is 2.74. The van der Waals surface area contributed by atoms with Crippen LogP contribution in [0, 0.1) is 0 Å². The highest BCUT2D eigenvalue weighted by Gasteiger charge is 2.12. The quantitative estimate of drug-likeness (QED) is 0.835. The minimum atomic E-state index is -0.0411. The van der Waals surface area contributed by atoms with Crippen LogP contribution < -0.4 is 5.73 Å². The SMILES string of the molecule is CN(Cc1ccccc1N)C(=O)c1ccncc1. The Labute approximate surface area is 106 Å². The van der Waals surface area contributed by atoms with Crippen molar-refractivity contribution in [3.05, 3.63) is 59.9 Å². The molecule has 0 bridgehead atoms. The number of nitrogens with two attached hydrogens (primary N) is 1. The van der Waals surface area contributed by atoms with Gasteiger partial charge in [-0.1, -0.05) is 18.2 Å². The van der Waals surface area contributed by atoms with Crippen LogP contribution in [0.2, 0.25) is 0 Å². The number of benzene rings is 1. The van der Waals surface area contributed by atoms with Crippen LogP contribution in [0.5, 0.6) is 0 Å². The van der Waals surface area contributed by atoms with Gasteiger partial charge < -0.3 is 10.6 Å². The number of nitrogen functional groups attached to an aromatic ring is 1. The molecule has 2 rings (SSSR count). The summed E-state index contributed by atoms with van der Waals surface area (Å²) in [6.07, 6.45) is 3.22. The fraction of sp³-hybridized carbons (Fsp3) is 0.143. The fourth-order valence-electron chi connectivity index (χ4n) is 1.72. The molecule has 2 aromatic rings. The number of pyridine rings is 1. The van der Waals surface area contributed by atoms with Crippen LogP contribution in [0.25, 0.3) is 0 Å². The Balaban J connectivity index is 2.11. The highest BCUT2D eigenvalue weighted by Crippen LogP contribution is 2.14. The molecule has 1 aromatic carbocycles. The lowest BCUT2D eigenvalue weighted by Gasteiger charge is -2.18. The molecule has 4 heteroatoms. The van der Waals surface area contributed by atoms with E-state index in [0.717, 1.165) is 5.56 Å². The lowest BCUT2D eigenvalue weighted by atomic mass is 10.1. The molecule has 0 unspecified atom stereocenters. The first kappa shape index (κ1) is 12.1. The minimum Gasteiger partial charge on any atom is -0.398 e. The first-order valence-corrected chi connectivity index (χ1v) is 5.67. The van der Waals surface area contributed by atoms with Crippen molar-refractivity contribution in [1.82, 2.24) is 9.88 Å². The Morgan fingerprint density at radius 2 is 1.89 bits per heavy atom. The summed E-state index contributed by atoms with van der Waals surface area (Å²) in [5, 5.41) is 0. The van der Waals surface area contributed by atoms with Crippen molar-refractivity contribution in [3.8, 4) is 0 Å². The Morgan fingerprint density at radius 3 is 2.56 bits per heavy atom. The van der Waals surface area contributed by atoms with Crippen LogP contribution in [0.1, 0.15) is 15.9 Å². The highest BCUT2D eigenvalue weighted by molar-refractivity contribution is 5.93. The van der Waals surface area contributed by atoms with Crippen molar-refractivity contribution < 1.29 is 4.79 Å². The van der Waals surface area contributed by atoms with Crippen molar-refractivity contribution in [2.24, 2.45) is 0 Å². The van der Waals surface area contributed by atoms with Crippen LogP contribution in [0.15, 0.2) is 48.8 Å². The second kappa shape index (κ2) is 5.31. The molecule has 0 aliphatic heterocycles. The summed E-state index contributed by atoms with van der Waals surface area (Å²) in [7, 11) is 1.76. The fourth-order valence-corrected chi connectivity index (χ4v) is 1.72. The molecule has 0 saturated carbocycles. The van der Waals surface area contributed by atoms with Gasteiger partial charge in [0.05, 0.1) is 0 Å². The van der Waals surface area contributed by atoms with E-state index in [-0.39, 0.29) is 5.91 Å². The van der Waals surface area contributed by atoms with Gasteiger partial charge in [-0.2, -0.15) is 0 Å². The summed E-state index contributed by atoms with van der Waals surface area (Å²) in [6, 6.07) is 11.0. The first-order chi connectivity index (χ1) is 8.68. The van der Waals surface area contributed by atoms with Crippen molar-refractivity contribution in [2.45, 2.75) is 6.54 Å². The molecule has 18 heavy (non-hydrogen) atoms. The number of aromatic nitrogens is 1. The molecular weight excluding hydrogens is 226 g/mol. The molecule has 2 N–H and O–H groups in total. The van der Waals surface area contributed by atoms with Crippen LogP contribution in [-0.2, 0) is 6.54 Å². The van der Waals surface area contributed by atoms with Gasteiger partial charge in [0.25, 0.3) is 5.91 Å². The zero-order valence-electron chi connectivity index (χ0n) is 10.2. The molecule has 0 saturated heterocycles. The Kier molecular flexibility index (Phi) is 3.57. The summed E-state index contributed by atoms with van der Waals surface area (Å²) in [5.41, 5.74) is 8.13. The molecule has 0 radical (unpaired) electrons. The molecule has 92 valence electrons. The number of carbonyl (C=O) groups is 1. The third-order valence-corrected chi connectivity index (χ3v) is 2.74. The van der Waals surface area contributed by atoms with Gasteiger partial charge in [0, 0.05) is 37.2 Å². The van der Waals surface area contributed by atoms with Crippen LogP contribution in [-0.4, -0.2) is 22.8 Å². The number of hydrogen-bond acceptors (Lipinski definition) is 3. The van der Waals surface area contributed by atoms with Crippen LogP contribution in [0.4, 0.5) is 5.69 Å². The van der Waals surface area contributed by atoms with Gasteiger partial charge in [0.15, 0.2) is 0 Å². The molecule has 1 heterocycles. The van der Waals surface area contributed by atoms with E-state index in [2.05, 4.69) is 4.98 Å². The van der Waals surface area contributed by atoms with Crippen molar-refractivity contribution in [2.75, 3.05) is 12.8 Å². The van der Waals surface area contributed by atoms with Crippen molar-refractivity contribution >= 4 is 11.6 Å². The second-order valence-electron chi connectivity index (χ2n) is 4.10. The monoisotopic (exact) mass is 241 g/mol. The highest BCUT2D eigenvalue weighted by atomic mass is 16.2. The van der Waals surface area contributed by atoms with E-state index >= 15 is 0 Å². The van der Waals surface area contributed by atoms with Gasteiger partial charge >= 0.3 is 0 Å². The molecule has 0 aliphatic rings. The zero-order chi connectivity index (χ0) is 13.0. The first-order valence-electron chi connectivity index (χ1n) is 5.67. The summed E-state index contributed by atoms with van der Waals surface area (Å²) in [5.74, 6) is -0.0411. The molecule has 1 amide bonds. The Bertz CT molecular complexity index is 540. The molecular formula is C14H15N3O. The largest absolute Gasteiger partial charge is 0.398 e. The van der Waals surface area contributed by atoms with Gasteiger partial charge in [0.2, 0.25) is 0 Å². The normalized spacial score (nSPS) is 10.1. The Hall–Kier alpha value is -2.36. The standard InChI is InChI=1S/C14H15N3O/c1-17(10-12-4-2-3-5-13(12)15)14(18)11-6-8-16-9-7-11/h2-9H,10,15H2,1H3. The molecule has 1 aromatic heterocycles. The van der Waals surface area contributed by atoms with E-state index in [9.17, 15) is 4.79 Å². The van der Waals surface area contributed by atoms with Gasteiger partial charge in [-0.05, 0) is 23.8 Å². The van der Waals surface area contributed by atoms with E-state index in [4.69, 9.17) is 5.73 Å². The van der Waals surface area contributed by atoms with Gasteiger partial charge in [-0.25, -0.2) is 0 Å². The topological polar surface area (TPSA) is 59.2 Å². The van der Waals surface area contributed by atoms with Crippen LogP contribution in [0.3, 0.4) is 0 Å². The number of amides is 1. The van der Waals surface area contributed by atoms with E-state index in [1.54, 1.807) is 36.5 Å². The summed E-state index contributed by atoms with van der Waals surface area (Å²) in [6.45, 7) is 0.494. The predicted octanol–water partition coefficient (Wildman–Crippen LogP) is 1.94. The van der Waals surface area contributed by atoms with E-state index in [0.29, 0.717) is 17.8 Å². The maximum Gasteiger partial charge on any atom is 0.254 e. The van der Waals surface area contributed by atoms with E-state index in [1.165, 1.54) is 0 Å². The maximum absolute atomic E-state index is 12.1. The predicted molar refractivity (Wildman–Crippen MR) is 70.9 cm³/mol.